The average molecular weight is 386 g/mol. The van der Waals surface area contributed by atoms with Gasteiger partial charge in [-0.3, -0.25) is 9.69 Å². The van der Waals surface area contributed by atoms with Crippen LogP contribution in [0.1, 0.15) is 21.9 Å². The molecule has 0 atom stereocenters. The fourth-order valence-corrected chi connectivity index (χ4v) is 5.40. The Hall–Kier alpha value is -1.76. The molecule has 1 saturated heterocycles. The fourth-order valence-electron chi connectivity index (χ4n) is 3.54. The number of amides is 1. The standard InChI is InChI=1S/C20H23N3OS2/c1-15-16-5-2-3-6-17(16)26-18(15)13-20(24)23-9-4-8-22(10-11-23)14-19-21-7-12-25-19/h2-3,5-7,12H,4,8-11,13-14H2,1H3. The molecule has 4 nitrogen and oxygen atoms in total. The van der Waals surface area contributed by atoms with Gasteiger partial charge < -0.3 is 4.90 Å². The number of carbonyl (C=O) groups is 1. The maximum atomic E-state index is 12.9. The van der Waals surface area contributed by atoms with Crippen LogP contribution in [0.4, 0.5) is 0 Å². The van der Waals surface area contributed by atoms with E-state index < -0.39 is 0 Å². The number of hydrogen-bond donors (Lipinski definition) is 0. The molecule has 0 aliphatic carbocycles. The Bertz CT molecular complexity index is 888. The van der Waals surface area contributed by atoms with Crippen molar-refractivity contribution in [1.29, 1.82) is 0 Å². The Morgan fingerprint density at radius 3 is 2.88 bits per heavy atom. The minimum atomic E-state index is 0.260. The number of thiazole rings is 1. The first-order valence-corrected chi connectivity index (χ1v) is 10.8. The smallest absolute Gasteiger partial charge is 0.227 e. The number of fused-ring (bicyclic) bond motifs is 1. The lowest BCUT2D eigenvalue weighted by Crippen LogP contribution is -2.36. The average Bonchev–Trinajstić information content (AvgIpc) is 3.18. The van der Waals surface area contributed by atoms with Crippen LogP contribution in [0.2, 0.25) is 0 Å². The van der Waals surface area contributed by atoms with E-state index in [4.69, 9.17) is 0 Å². The Kier molecular flexibility index (Phi) is 5.33. The van der Waals surface area contributed by atoms with E-state index in [1.807, 2.05) is 16.5 Å². The first-order valence-electron chi connectivity index (χ1n) is 9.06. The number of thiophene rings is 1. The van der Waals surface area contributed by atoms with E-state index in [9.17, 15) is 4.79 Å². The zero-order valence-electron chi connectivity index (χ0n) is 15.0. The van der Waals surface area contributed by atoms with Crippen LogP contribution in [-0.2, 0) is 17.8 Å². The molecule has 0 radical (unpaired) electrons. The van der Waals surface area contributed by atoms with E-state index in [-0.39, 0.29) is 5.91 Å². The molecule has 3 heterocycles. The van der Waals surface area contributed by atoms with Crippen LogP contribution < -0.4 is 0 Å². The molecule has 1 aliphatic rings. The van der Waals surface area contributed by atoms with Crippen molar-refractivity contribution in [3.8, 4) is 0 Å². The highest BCUT2D eigenvalue weighted by atomic mass is 32.1. The van der Waals surface area contributed by atoms with Gasteiger partial charge in [0.25, 0.3) is 0 Å². The number of hydrogen-bond acceptors (Lipinski definition) is 5. The normalized spacial score (nSPS) is 16.1. The van der Waals surface area contributed by atoms with E-state index in [0.29, 0.717) is 6.42 Å². The number of rotatable bonds is 4. The quantitative estimate of drug-likeness (QED) is 0.682. The number of benzene rings is 1. The van der Waals surface area contributed by atoms with Gasteiger partial charge in [-0.05, 0) is 30.4 Å². The van der Waals surface area contributed by atoms with Gasteiger partial charge in [-0.2, -0.15) is 0 Å². The molecule has 1 fully saturated rings. The molecule has 26 heavy (non-hydrogen) atoms. The molecule has 0 saturated carbocycles. The van der Waals surface area contributed by atoms with E-state index in [2.05, 4.69) is 41.1 Å². The third kappa shape index (κ3) is 3.82. The third-order valence-electron chi connectivity index (χ3n) is 5.04. The zero-order valence-corrected chi connectivity index (χ0v) is 16.6. The first-order chi connectivity index (χ1) is 12.7. The van der Waals surface area contributed by atoms with Crippen molar-refractivity contribution >= 4 is 38.7 Å². The second-order valence-corrected chi connectivity index (χ2v) is 8.88. The summed E-state index contributed by atoms with van der Waals surface area (Å²) in [5, 5.41) is 4.47. The summed E-state index contributed by atoms with van der Waals surface area (Å²) in [5.41, 5.74) is 1.26. The molecule has 4 rings (SSSR count). The van der Waals surface area contributed by atoms with Gasteiger partial charge in [-0.15, -0.1) is 22.7 Å². The van der Waals surface area contributed by atoms with Crippen LogP contribution in [0, 0.1) is 6.92 Å². The van der Waals surface area contributed by atoms with Gasteiger partial charge in [-0.1, -0.05) is 18.2 Å². The summed E-state index contributed by atoms with van der Waals surface area (Å²) in [5.74, 6) is 0.260. The second-order valence-electron chi connectivity index (χ2n) is 6.76. The molecule has 6 heteroatoms. The Labute approximate surface area is 162 Å². The third-order valence-corrected chi connectivity index (χ3v) is 7.08. The van der Waals surface area contributed by atoms with E-state index in [0.717, 1.165) is 44.2 Å². The highest BCUT2D eigenvalue weighted by molar-refractivity contribution is 7.19. The lowest BCUT2D eigenvalue weighted by Gasteiger charge is -2.21. The predicted molar refractivity (Wildman–Crippen MR) is 109 cm³/mol. The first kappa shape index (κ1) is 17.6. The van der Waals surface area contributed by atoms with Crippen molar-refractivity contribution in [2.45, 2.75) is 26.3 Å². The van der Waals surface area contributed by atoms with Crippen molar-refractivity contribution in [1.82, 2.24) is 14.8 Å². The van der Waals surface area contributed by atoms with Crippen molar-refractivity contribution in [2.75, 3.05) is 26.2 Å². The molecule has 0 bridgehead atoms. The van der Waals surface area contributed by atoms with Gasteiger partial charge in [-0.25, -0.2) is 4.98 Å². The molecule has 0 unspecified atom stereocenters. The molecular weight excluding hydrogens is 362 g/mol. The summed E-state index contributed by atoms with van der Waals surface area (Å²) in [6.07, 6.45) is 3.42. The molecule has 0 N–H and O–H groups in total. The molecule has 1 aliphatic heterocycles. The minimum absolute atomic E-state index is 0.260. The zero-order chi connectivity index (χ0) is 17.9. The van der Waals surface area contributed by atoms with Crippen molar-refractivity contribution in [3.05, 3.63) is 51.3 Å². The number of aryl methyl sites for hydroxylation is 1. The summed E-state index contributed by atoms with van der Waals surface area (Å²) in [6.45, 7) is 6.67. The number of carbonyl (C=O) groups excluding carboxylic acids is 1. The SMILES string of the molecule is Cc1c(CC(=O)N2CCCN(Cc3nccs3)CC2)sc2ccccc12. The van der Waals surface area contributed by atoms with Crippen LogP contribution in [0.15, 0.2) is 35.8 Å². The summed E-state index contributed by atoms with van der Waals surface area (Å²) >= 11 is 3.46. The number of nitrogens with zero attached hydrogens (tertiary/aromatic N) is 3. The molecule has 2 aromatic heterocycles. The monoisotopic (exact) mass is 385 g/mol. The minimum Gasteiger partial charge on any atom is -0.341 e. The molecular formula is C20H23N3OS2. The summed E-state index contributed by atoms with van der Waals surface area (Å²) in [7, 11) is 0. The number of aromatic nitrogens is 1. The van der Waals surface area contributed by atoms with Crippen LogP contribution in [0.25, 0.3) is 10.1 Å². The van der Waals surface area contributed by atoms with Crippen LogP contribution >= 0.6 is 22.7 Å². The largest absolute Gasteiger partial charge is 0.341 e. The van der Waals surface area contributed by atoms with Crippen molar-refractivity contribution in [3.63, 3.8) is 0 Å². The maximum Gasteiger partial charge on any atom is 0.227 e. The Morgan fingerprint density at radius 1 is 1.19 bits per heavy atom. The topological polar surface area (TPSA) is 36.4 Å². The van der Waals surface area contributed by atoms with Crippen molar-refractivity contribution in [2.24, 2.45) is 0 Å². The molecule has 136 valence electrons. The predicted octanol–water partition coefficient (Wildman–Crippen LogP) is 3.94. The van der Waals surface area contributed by atoms with E-state index >= 15 is 0 Å². The van der Waals surface area contributed by atoms with Gasteiger partial charge >= 0.3 is 0 Å². The van der Waals surface area contributed by atoms with Gasteiger partial charge in [0.15, 0.2) is 0 Å². The van der Waals surface area contributed by atoms with Gasteiger partial charge in [0.2, 0.25) is 5.91 Å². The van der Waals surface area contributed by atoms with Gasteiger partial charge in [0.1, 0.15) is 5.01 Å². The second kappa shape index (κ2) is 7.86. The highest BCUT2D eigenvalue weighted by Gasteiger charge is 2.21. The Balaban J connectivity index is 1.39. The van der Waals surface area contributed by atoms with Crippen LogP contribution in [0.5, 0.6) is 0 Å². The van der Waals surface area contributed by atoms with Crippen LogP contribution in [0.3, 0.4) is 0 Å². The van der Waals surface area contributed by atoms with Crippen molar-refractivity contribution < 1.29 is 4.79 Å². The summed E-state index contributed by atoms with van der Waals surface area (Å²) < 4.78 is 1.28. The maximum absolute atomic E-state index is 12.9. The fraction of sp³-hybridized carbons (Fsp3) is 0.400. The Morgan fingerprint density at radius 2 is 2.08 bits per heavy atom. The van der Waals surface area contributed by atoms with Crippen LogP contribution in [-0.4, -0.2) is 46.9 Å². The van der Waals surface area contributed by atoms with E-state index in [1.54, 1.807) is 22.7 Å². The highest BCUT2D eigenvalue weighted by Crippen LogP contribution is 2.31. The summed E-state index contributed by atoms with van der Waals surface area (Å²) in [6, 6.07) is 8.43. The van der Waals surface area contributed by atoms with Gasteiger partial charge in [0, 0.05) is 47.3 Å². The molecule has 1 aromatic carbocycles. The molecule has 1 amide bonds. The summed E-state index contributed by atoms with van der Waals surface area (Å²) in [4.78, 5) is 22.9. The molecule has 0 spiro atoms. The van der Waals surface area contributed by atoms with E-state index in [1.165, 1.54) is 20.5 Å². The lowest BCUT2D eigenvalue weighted by molar-refractivity contribution is -0.130. The lowest BCUT2D eigenvalue weighted by atomic mass is 10.1. The molecule has 3 aromatic rings. The van der Waals surface area contributed by atoms with Gasteiger partial charge in [0.05, 0.1) is 13.0 Å².